The number of rotatable bonds is 7. The Morgan fingerprint density at radius 1 is 0.880 bits per heavy atom. The van der Waals surface area contributed by atoms with Gasteiger partial charge >= 0.3 is 6.09 Å². The van der Waals surface area contributed by atoms with Gasteiger partial charge in [-0.2, -0.15) is 0 Å². The van der Waals surface area contributed by atoms with E-state index in [9.17, 15) is 9.59 Å². The maximum atomic E-state index is 11.7. The number of carbonyl (C=O) groups excluding carboxylic acids is 2. The molecule has 0 spiro atoms. The second kappa shape index (κ2) is 10.7. The van der Waals surface area contributed by atoms with Crippen LogP contribution in [-0.2, 0) is 9.53 Å². The molecule has 0 aromatic carbocycles. The van der Waals surface area contributed by atoms with E-state index in [1.165, 1.54) is 32.1 Å². The lowest BCUT2D eigenvalue weighted by Gasteiger charge is -2.34. The molecule has 2 fully saturated rings. The van der Waals surface area contributed by atoms with Crippen molar-refractivity contribution < 1.29 is 14.3 Å². The fourth-order valence-corrected chi connectivity index (χ4v) is 4.36. The number of hydrogen-bond acceptors (Lipinski definition) is 3. The Kier molecular flexibility index (Phi) is 8.56. The Morgan fingerprint density at radius 3 is 1.88 bits per heavy atom. The van der Waals surface area contributed by atoms with Crippen molar-refractivity contribution in [3.05, 3.63) is 0 Å². The Bertz CT molecular complexity index is 411. The van der Waals surface area contributed by atoms with Crippen LogP contribution in [0.5, 0.6) is 0 Å². The fourth-order valence-electron chi connectivity index (χ4n) is 4.36. The third-order valence-electron chi connectivity index (χ3n) is 5.82. The molecule has 5 heteroatoms. The first-order valence-corrected chi connectivity index (χ1v) is 10.3. The van der Waals surface area contributed by atoms with Gasteiger partial charge in [0.15, 0.2) is 0 Å². The summed E-state index contributed by atoms with van der Waals surface area (Å²) in [7, 11) is 0. The second-order valence-electron chi connectivity index (χ2n) is 8.01. The summed E-state index contributed by atoms with van der Waals surface area (Å²) in [5.41, 5.74) is 0. The van der Waals surface area contributed by atoms with Crippen molar-refractivity contribution in [3.63, 3.8) is 0 Å². The van der Waals surface area contributed by atoms with Gasteiger partial charge < -0.3 is 15.4 Å². The highest BCUT2D eigenvalue weighted by Crippen LogP contribution is 2.35. The number of alkyl carbamates (subject to hydrolysis) is 1. The Morgan fingerprint density at radius 2 is 1.40 bits per heavy atom. The predicted molar refractivity (Wildman–Crippen MR) is 99.3 cm³/mol. The minimum absolute atomic E-state index is 0.0995. The Balaban J connectivity index is 1.58. The van der Waals surface area contributed by atoms with E-state index in [2.05, 4.69) is 17.6 Å². The van der Waals surface area contributed by atoms with E-state index in [0.717, 1.165) is 50.4 Å². The Hall–Kier alpha value is -1.26. The number of carbonyl (C=O) groups is 2. The summed E-state index contributed by atoms with van der Waals surface area (Å²) in [6, 6.07) is 0.688. The lowest BCUT2D eigenvalue weighted by atomic mass is 9.75. The summed E-state index contributed by atoms with van der Waals surface area (Å²) in [5, 5.41) is 6.08. The molecule has 2 saturated carbocycles. The molecule has 0 saturated heterocycles. The van der Waals surface area contributed by atoms with E-state index in [0.29, 0.717) is 18.7 Å². The highest BCUT2D eigenvalue weighted by atomic mass is 16.5. The molecule has 144 valence electrons. The highest BCUT2D eigenvalue weighted by molar-refractivity contribution is 5.73. The zero-order chi connectivity index (χ0) is 18.1. The average molecular weight is 353 g/mol. The summed E-state index contributed by atoms with van der Waals surface area (Å²) in [6.07, 6.45) is 12.4. The summed E-state index contributed by atoms with van der Waals surface area (Å²) in [5.74, 6) is 1.72. The molecule has 2 amide bonds. The van der Waals surface area contributed by atoms with Crippen LogP contribution in [0.15, 0.2) is 0 Å². The smallest absolute Gasteiger partial charge is 0.407 e. The first-order chi connectivity index (χ1) is 12.1. The van der Waals surface area contributed by atoms with Gasteiger partial charge in [-0.15, -0.1) is 0 Å². The van der Waals surface area contributed by atoms with E-state index in [-0.39, 0.29) is 12.0 Å². The van der Waals surface area contributed by atoms with Crippen molar-refractivity contribution in [2.24, 2.45) is 11.8 Å². The lowest BCUT2D eigenvalue weighted by molar-refractivity contribution is -0.119. The van der Waals surface area contributed by atoms with Crippen molar-refractivity contribution in [2.75, 3.05) is 6.61 Å². The second-order valence-corrected chi connectivity index (χ2v) is 8.01. The minimum Gasteiger partial charge on any atom is -0.450 e. The van der Waals surface area contributed by atoms with Gasteiger partial charge in [0.05, 0.1) is 6.61 Å². The summed E-state index contributed by atoms with van der Waals surface area (Å²) in [6.45, 7) is 4.23. The van der Waals surface area contributed by atoms with Gasteiger partial charge in [-0.05, 0) is 76.0 Å². The van der Waals surface area contributed by atoms with Crippen LogP contribution in [0.1, 0.15) is 84.5 Å². The monoisotopic (exact) mass is 352 g/mol. The number of amides is 2. The van der Waals surface area contributed by atoms with Crippen LogP contribution in [0.3, 0.4) is 0 Å². The summed E-state index contributed by atoms with van der Waals surface area (Å²) >= 11 is 0. The van der Waals surface area contributed by atoms with Crippen LogP contribution in [0.4, 0.5) is 4.79 Å². The van der Waals surface area contributed by atoms with Crippen LogP contribution in [0, 0.1) is 11.8 Å². The normalized spacial score (nSPS) is 29.7. The van der Waals surface area contributed by atoms with Gasteiger partial charge in [0, 0.05) is 19.0 Å². The molecule has 0 unspecified atom stereocenters. The third-order valence-corrected chi connectivity index (χ3v) is 5.82. The van der Waals surface area contributed by atoms with Crippen LogP contribution in [0.2, 0.25) is 0 Å². The van der Waals surface area contributed by atoms with Crippen LogP contribution in [0.25, 0.3) is 0 Å². The molecular weight excluding hydrogens is 316 g/mol. The van der Waals surface area contributed by atoms with E-state index in [1.54, 1.807) is 6.92 Å². The van der Waals surface area contributed by atoms with Gasteiger partial charge in [0.1, 0.15) is 0 Å². The zero-order valence-corrected chi connectivity index (χ0v) is 16.0. The molecule has 2 aliphatic carbocycles. The summed E-state index contributed by atoms with van der Waals surface area (Å²) in [4.78, 5) is 22.9. The number of hydrogen-bond donors (Lipinski definition) is 2. The van der Waals surface area contributed by atoms with Crippen molar-refractivity contribution in [3.8, 4) is 0 Å². The third kappa shape index (κ3) is 7.66. The highest BCUT2D eigenvalue weighted by Gasteiger charge is 2.27. The number of unbranched alkanes of at least 4 members (excludes halogenated alkanes) is 1. The predicted octanol–water partition coefficient (Wildman–Crippen LogP) is 4.16. The van der Waals surface area contributed by atoms with Crippen LogP contribution < -0.4 is 10.6 Å². The van der Waals surface area contributed by atoms with Crippen molar-refractivity contribution >= 4 is 12.0 Å². The maximum absolute atomic E-state index is 11.7. The Labute approximate surface area is 152 Å². The zero-order valence-electron chi connectivity index (χ0n) is 16.0. The molecule has 0 bridgehead atoms. The lowest BCUT2D eigenvalue weighted by Crippen LogP contribution is -2.39. The molecule has 0 aromatic heterocycles. The molecule has 2 N–H and O–H groups in total. The maximum Gasteiger partial charge on any atom is 0.407 e. The molecule has 0 aromatic rings. The quantitative estimate of drug-likeness (QED) is 0.676. The largest absolute Gasteiger partial charge is 0.450 e. The average Bonchev–Trinajstić information content (AvgIpc) is 2.58. The fraction of sp³-hybridized carbons (Fsp3) is 0.900. The molecule has 0 atom stereocenters. The van der Waals surface area contributed by atoms with E-state index < -0.39 is 0 Å². The molecule has 0 aliphatic heterocycles. The van der Waals surface area contributed by atoms with Crippen LogP contribution in [-0.4, -0.2) is 30.7 Å². The summed E-state index contributed by atoms with van der Waals surface area (Å²) < 4.78 is 5.19. The molecule has 2 aliphatic rings. The van der Waals surface area contributed by atoms with E-state index in [1.807, 2.05) is 0 Å². The van der Waals surface area contributed by atoms with E-state index >= 15 is 0 Å². The number of nitrogens with one attached hydrogen (secondary N) is 2. The van der Waals surface area contributed by atoms with Gasteiger partial charge in [-0.25, -0.2) is 4.79 Å². The first-order valence-electron chi connectivity index (χ1n) is 10.3. The van der Waals surface area contributed by atoms with Crippen molar-refractivity contribution in [1.29, 1.82) is 0 Å². The topological polar surface area (TPSA) is 67.4 Å². The molecule has 25 heavy (non-hydrogen) atoms. The van der Waals surface area contributed by atoms with Gasteiger partial charge in [-0.3, -0.25) is 4.79 Å². The van der Waals surface area contributed by atoms with Crippen molar-refractivity contribution in [2.45, 2.75) is 96.6 Å². The van der Waals surface area contributed by atoms with Crippen LogP contribution >= 0.6 is 0 Å². The molecular formula is C20H36N2O3. The molecule has 2 rings (SSSR count). The number of ether oxygens (including phenoxy) is 1. The SMILES string of the molecule is CCCCOC(=O)NC1CCC(CC2CCC(NC(C)=O)CC2)CC1. The molecule has 5 nitrogen and oxygen atoms in total. The van der Waals surface area contributed by atoms with Gasteiger partial charge in [-0.1, -0.05) is 13.3 Å². The van der Waals surface area contributed by atoms with Gasteiger partial charge in [0.25, 0.3) is 0 Å². The minimum atomic E-state index is -0.242. The van der Waals surface area contributed by atoms with Gasteiger partial charge in [0.2, 0.25) is 5.91 Å². The molecule has 0 radical (unpaired) electrons. The standard InChI is InChI=1S/C20H36N2O3/c1-3-4-13-25-20(24)22-19-11-7-17(8-12-19)14-16-5-9-18(10-6-16)21-15(2)23/h16-19H,3-14H2,1-2H3,(H,21,23)(H,22,24). The first kappa shape index (κ1) is 20.1. The van der Waals surface area contributed by atoms with E-state index in [4.69, 9.17) is 4.74 Å². The molecule has 0 heterocycles. The van der Waals surface area contributed by atoms with Crippen molar-refractivity contribution in [1.82, 2.24) is 10.6 Å².